The predicted molar refractivity (Wildman–Crippen MR) is 145 cm³/mol. The molecule has 8 aromatic rings. The van der Waals surface area contributed by atoms with Gasteiger partial charge in [0.25, 0.3) is 0 Å². The normalized spacial score (nSPS) is 12.0. The van der Waals surface area contributed by atoms with E-state index in [0.29, 0.717) is 0 Å². The maximum Gasteiger partial charge on any atom is 0.169 e. The second-order valence-electron chi connectivity index (χ2n) is 9.12. The third-order valence-corrected chi connectivity index (χ3v) is 7.17. The number of fused-ring (bicyclic) bond motifs is 8. The molecule has 0 unspecified atom stereocenters. The fraction of sp³-hybridized carbons (Fsp3) is 0.0333. The van der Waals surface area contributed by atoms with E-state index in [2.05, 4.69) is 110 Å². The molecule has 8 rings (SSSR count). The summed E-state index contributed by atoms with van der Waals surface area (Å²) in [5, 5.41) is 4.85. The van der Waals surface area contributed by atoms with Gasteiger partial charge in [0.1, 0.15) is 6.33 Å². The minimum absolute atomic E-state index is 0.784. The molecule has 0 saturated heterocycles. The Morgan fingerprint density at radius 2 is 1.31 bits per heavy atom. The third kappa shape index (κ3) is 2.42. The molecule has 0 fully saturated rings. The molecule has 36 heavy (non-hydrogen) atoms. The van der Waals surface area contributed by atoms with Crippen molar-refractivity contribution >= 4 is 54.8 Å². The van der Waals surface area contributed by atoms with E-state index in [-0.39, 0.29) is 0 Å². The number of aryl methyl sites for hydroxylation is 1. The first-order chi connectivity index (χ1) is 17.8. The minimum Gasteiger partial charge on any atom is -0.318 e. The van der Waals surface area contributed by atoms with Crippen molar-refractivity contribution < 1.29 is 0 Å². The monoisotopic (exact) mass is 464 g/mol. The van der Waals surface area contributed by atoms with Gasteiger partial charge < -0.3 is 9.13 Å². The number of rotatable bonds is 2. The third-order valence-electron chi connectivity index (χ3n) is 7.17. The maximum atomic E-state index is 4.74. The van der Waals surface area contributed by atoms with Gasteiger partial charge in [-0.3, -0.25) is 4.57 Å². The lowest BCUT2D eigenvalue weighted by Gasteiger charge is -2.09. The van der Waals surface area contributed by atoms with E-state index in [0.717, 1.165) is 33.7 Å². The van der Waals surface area contributed by atoms with Crippen LogP contribution < -0.4 is 0 Å². The summed E-state index contributed by atoms with van der Waals surface area (Å²) in [5.41, 5.74) is 7.31. The fourth-order valence-corrected chi connectivity index (χ4v) is 5.68. The highest BCUT2D eigenvalue weighted by molar-refractivity contribution is 6.26. The molecule has 0 bridgehead atoms. The molecule has 0 atom stereocenters. The number of benzene rings is 4. The van der Waals surface area contributed by atoms with Gasteiger partial charge in [0.05, 0.1) is 28.4 Å². The molecule has 6 heteroatoms. The van der Waals surface area contributed by atoms with Gasteiger partial charge in [0.2, 0.25) is 0 Å². The van der Waals surface area contributed by atoms with E-state index < -0.39 is 0 Å². The lowest BCUT2D eigenvalue weighted by atomic mass is 10.1. The summed E-state index contributed by atoms with van der Waals surface area (Å²) in [7, 11) is 1.96. The Morgan fingerprint density at radius 1 is 0.583 bits per heavy atom. The van der Waals surface area contributed by atoms with E-state index in [1.165, 1.54) is 32.6 Å². The van der Waals surface area contributed by atoms with E-state index >= 15 is 0 Å². The van der Waals surface area contributed by atoms with Crippen molar-refractivity contribution in [3.8, 4) is 11.5 Å². The summed E-state index contributed by atoms with van der Waals surface area (Å²) >= 11 is 0. The molecule has 4 heterocycles. The highest BCUT2D eigenvalue weighted by atomic mass is 15.2. The molecule has 4 aromatic heterocycles. The van der Waals surface area contributed by atoms with Crippen LogP contribution in [0.15, 0.2) is 104 Å². The lowest BCUT2D eigenvalue weighted by molar-refractivity contribution is 0.926. The van der Waals surface area contributed by atoms with Gasteiger partial charge in [-0.15, -0.1) is 0 Å². The van der Waals surface area contributed by atoms with Crippen LogP contribution in [-0.2, 0) is 7.05 Å². The van der Waals surface area contributed by atoms with E-state index in [9.17, 15) is 0 Å². The van der Waals surface area contributed by atoms with Gasteiger partial charge in [-0.1, -0.05) is 60.7 Å². The van der Waals surface area contributed by atoms with Crippen LogP contribution in [0.25, 0.3) is 66.3 Å². The summed E-state index contributed by atoms with van der Waals surface area (Å²) < 4.78 is 6.55. The molecule has 0 N–H and O–H groups in total. The van der Waals surface area contributed by atoms with Crippen molar-refractivity contribution in [2.75, 3.05) is 0 Å². The van der Waals surface area contributed by atoms with E-state index in [1.807, 2.05) is 11.6 Å². The Bertz CT molecular complexity index is 2110. The number of nitrogens with zero attached hydrogens (tertiary/aromatic N) is 6. The molecule has 0 aliphatic carbocycles. The molecule has 6 nitrogen and oxygen atoms in total. The number of hydrogen-bond acceptors (Lipinski definition) is 3. The van der Waals surface area contributed by atoms with Crippen LogP contribution in [-0.4, -0.2) is 28.7 Å². The highest BCUT2D eigenvalue weighted by Gasteiger charge is 2.22. The zero-order valence-corrected chi connectivity index (χ0v) is 19.5. The quantitative estimate of drug-likeness (QED) is 0.291. The summed E-state index contributed by atoms with van der Waals surface area (Å²) in [4.78, 5) is 13.9. The minimum atomic E-state index is 0.784. The van der Waals surface area contributed by atoms with Gasteiger partial charge in [-0.25, -0.2) is 15.0 Å². The van der Waals surface area contributed by atoms with Crippen molar-refractivity contribution in [3.05, 3.63) is 104 Å². The van der Waals surface area contributed by atoms with E-state index in [1.54, 1.807) is 12.7 Å². The van der Waals surface area contributed by atoms with Crippen LogP contribution in [0.1, 0.15) is 0 Å². The Labute approximate surface area is 205 Å². The second-order valence-corrected chi connectivity index (χ2v) is 9.12. The molecular formula is C30H20N6. The second kappa shape index (κ2) is 7.02. The first-order valence-electron chi connectivity index (χ1n) is 11.9. The van der Waals surface area contributed by atoms with Crippen LogP contribution in [0.3, 0.4) is 0 Å². The summed E-state index contributed by atoms with van der Waals surface area (Å²) in [6.07, 6.45) is 3.42. The van der Waals surface area contributed by atoms with Gasteiger partial charge in [-0.2, -0.15) is 0 Å². The van der Waals surface area contributed by atoms with E-state index in [4.69, 9.17) is 4.98 Å². The summed E-state index contributed by atoms with van der Waals surface area (Å²) in [6.45, 7) is 0. The van der Waals surface area contributed by atoms with Crippen LogP contribution in [0.4, 0.5) is 0 Å². The lowest BCUT2D eigenvalue weighted by Crippen LogP contribution is -2.00. The highest BCUT2D eigenvalue weighted by Crippen LogP contribution is 2.41. The van der Waals surface area contributed by atoms with Crippen LogP contribution in [0, 0.1) is 0 Å². The first-order valence-corrected chi connectivity index (χ1v) is 11.9. The van der Waals surface area contributed by atoms with Crippen molar-refractivity contribution in [1.82, 2.24) is 28.7 Å². The smallest absolute Gasteiger partial charge is 0.169 e. The van der Waals surface area contributed by atoms with Gasteiger partial charge in [0, 0.05) is 34.3 Å². The van der Waals surface area contributed by atoms with Crippen molar-refractivity contribution in [3.63, 3.8) is 0 Å². The number of para-hydroxylation sites is 3. The average Bonchev–Trinajstić information content (AvgIpc) is 3.59. The Morgan fingerprint density at radius 3 is 2.14 bits per heavy atom. The molecule has 0 amide bonds. The first kappa shape index (κ1) is 19.3. The number of hydrogen-bond donors (Lipinski definition) is 0. The van der Waals surface area contributed by atoms with Crippen LogP contribution >= 0.6 is 0 Å². The number of imidazole rings is 1. The zero-order valence-electron chi connectivity index (χ0n) is 19.5. The molecule has 4 aromatic carbocycles. The standard InChI is InChI=1S/C30H20N6/c1-34-18-33-27-29(34)31-17-32-30(27)36-24-14-8-6-12-22(24)26-25(36)16-15-21-20-11-5-7-13-23(20)35(28(21)26)19-9-3-2-4-10-19/h2-18H,1H3. The number of aromatic nitrogens is 6. The van der Waals surface area contributed by atoms with Gasteiger partial charge in [0.15, 0.2) is 17.0 Å². The molecule has 0 spiro atoms. The van der Waals surface area contributed by atoms with Crippen LogP contribution in [0.5, 0.6) is 0 Å². The van der Waals surface area contributed by atoms with Gasteiger partial charge >= 0.3 is 0 Å². The van der Waals surface area contributed by atoms with Crippen molar-refractivity contribution in [1.29, 1.82) is 0 Å². The Balaban J connectivity index is 1.63. The average molecular weight is 465 g/mol. The molecular weight excluding hydrogens is 444 g/mol. The van der Waals surface area contributed by atoms with Crippen LogP contribution in [0.2, 0.25) is 0 Å². The topological polar surface area (TPSA) is 53.5 Å². The largest absolute Gasteiger partial charge is 0.318 e. The summed E-state index contributed by atoms with van der Waals surface area (Å²) in [6, 6.07) is 32.3. The zero-order chi connectivity index (χ0) is 23.8. The molecule has 0 saturated carbocycles. The molecule has 170 valence electrons. The molecule has 0 radical (unpaired) electrons. The fourth-order valence-electron chi connectivity index (χ4n) is 5.68. The Kier molecular flexibility index (Phi) is 3.77. The van der Waals surface area contributed by atoms with Gasteiger partial charge in [-0.05, 0) is 30.3 Å². The molecule has 0 aliphatic heterocycles. The maximum absolute atomic E-state index is 4.74. The predicted octanol–water partition coefficient (Wildman–Crippen LogP) is 6.56. The molecule has 0 aliphatic rings. The Hall–Kier alpha value is -4.97. The van der Waals surface area contributed by atoms with Crippen molar-refractivity contribution in [2.24, 2.45) is 7.05 Å². The SMILES string of the molecule is Cn1cnc2c(-n3c4ccccc4c4c3ccc3c5ccccc5n(-c5ccccc5)c34)ncnc21. The summed E-state index contributed by atoms with van der Waals surface area (Å²) in [5.74, 6) is 0.786. The van der Waals surface area contributed by atoms with Crippen molar-refractivity contribution in [2.45, 2.75) is 0 Å².